The molecule has 0 aliphatic heterocycles. The van der Waals surface area contributed by atoms with E-state index in [0.29, 0.717) is 0 Å². The molecular weight excluding hydrogens is 577 g/mol. The van der Waals surface area contributed by atoms with E-state index in [1.807, 2.05) is 36.4 Å². The molecule has 0 fully saturated rings. The summed E-state index contributed by atoms with van der Waals surface area (Å²) in [4.78, 5) is 22.4. The van der Waals surface area contributed by atoms with Crippen LogP contribution in [0.5, 0.6) is 0 Å². The van der Waals surface area contributed by atoms with Crippen LogP contribution in [0.1, 0.15) is 0 Å². The lowest BCUT2D eigenvalue weighted by molar-refractivity contribution is 1.24. The van der Waals surface area contributed by atoms with Crippen LogP contribution >= 0.6 is 22.7 Å². The van der Waals surface area contributed by atoms with Crippen LogP contribution in [-0.4, -0.2) is 19.9 Å². The summed E-state index contributed by atoms with van der Waals surface area (Å²) in [6.07, 6.45) is 0. The fraction of sp³-hybridized carbons (Fsp3) is 0. The lowest BCUT2D eigenvalue weighted by Gasteiger charge is -2.10. The van der Waals surface area contributed by atoms with Crippen molar-refractivity contribution in [3.63, 3.8) is 0 Å². The summed E-state index contributed by atoms with van der Waals surface area (Å²) in [5.74, 6) is 1.47. The van der Waals surface area contributed by atoms with Crippen molar-refractivity contribution in [2.45, 2.75) is 0 Å². The quantitative estimate of drug-likeness (QED) is 0.202. The second-order valence-corrected chi connectivity index (χ2v) is 12.7. The first-order valence-electron chi connectivity index (χ1n) is 14.4. The maximum Gasteiger partial charge on any atom is 0.161 e. The van der Waals surface area contributed by atoms with Crippen molar-refractivity contribution in [2.24, 2.45) is 0 Å². The van der Waals surface area contributed by atoms with Gasteiger partial charge in [-0.25, -0.2) is 19.9 Å². The minimum Gasteiger partial charge on any atom is -0.227 e. The van der Waals surface area contributed by atoms with Crippen molar-refractivity contribution in [1.29, 1.82) is 0 Å². The molecule has 0 bridgehead atoms. The highest BCUT2D eigenvalue weighted by Crippen LogP contribution is 2.42. The highest BCUT2D eigenvalue weighted by atomic mass is 32.1. The second-order valence-electron chi connectivity index (χ2n) is 10.7. The molecule has 4 heterocycles. The van der Waals surface area contributed by atoms with Gasteiger partial charge >= 0.3 is 0 Å². The van der Waals surface area contributed by atoms with Crippen LogP contribution in [0.2, 0.25) is 0 Å². The van der Waals surface area contributed by atoms with Crippen LogP contribution < -0.4 is 0 Å². The predicted molar refractivity (Wildman–Crippen MR) is 185 cm³/mol. The number of nitrogens with zero attached hydrogens (tertiary/aromatic N) is 4. The molecule has 44 heavy (non-hydrogen) atoms. The highest BCUT2D eigenvalue weighted by Gasteiger charge is 2.19. The summed E-state index contributed by atoms with van der Waals surface area (Å²) in [6, 6.07) is 46.1. The topological polar surface area (TPSA) is 51.6 Å². The fourth-order valence-electron chi connectivity index (χ4n) is 5.88. The van der Waals surface area contributed by atoms with Gasteiger partial charge in [-0.1, -0.05) is 121 Å². The molecule has 0 radical (unpaired) electrons. The van der Waals surface area contributed by atoms with E-state index in [9.17, 15) is 0 Å². The summed E-state index contributed by atoms with van der Waals surface area (Å²) in [5, 5.41) is 4.55. The van der Waals surface area contributed by atoms with Crippen molar-refractivity contribution >= 4 is 63.3 Å². The van der Waals surface area contributed by atoms with E-state index in [4.69, 9.17) is 19.9 Å². The van der Waals surface area contributed by atoms with Crippen LogP contribution in [-0.2, 0) is 0 Å². The van der Waals surface area contributed by atoms with E-state index < -0.39 is 0 Å². The Morgan fingerprint density at radius 1 is 0.341 bits per heavy atom. The standard InChI is InChI=1S/C38H22N4S2/c1-3-11-25(12-4-1)35-39-33(31-27-15-7-9-17-29(27)43-37(31)41-35)23-19-21-24(22-20-23)34-32-28-16-8-10-18-30(28)44-38(32)42-36(40-34)26-13-5-2-6-14-26/h1-22H. The number of rotatable bonds is 4. The van der Waals surface area contributed by atoms with Crippen molar-refractivity contribution in [3.05, 3.63) is 133 Å². The van der Waals surface area contributed by atoms with Crippen molar-refractivity contribution in [3.8, 4) is 45.3 Å². The Hall–Kier alpha value is -5.30. The van der Waals surface area contributed by atoms with Crippen LogP contribution in [0.15, 0.2) is 133 Å². The van der Waals surface area contributed by atoms with E-state index >= 15 is 0 Å². The fourth-order valence-corrected chi connectivity index (χ4v) is 8.03. The van der Waals surface area contributed by atoms with Gasteiger partial charge in [-0.3, -0.25) is 0 Å². The zero-order valence-corrected chi connectivity index (χ0v) is 24.9. The van der Waals surface area contributed by atoms with Gasteiger partial charge in [0.15, 0.2) is 11.6 Å². The van der Waals surface area contributed by atoms with E-state index in [1.54, 1.807) is 22.7 Å². The first kappa shape index (κ1) is 25.2. The Kier molecular flexibility index (Phi) is 5.82. The molecule has 0 unspecified atom stereocenters. The summed E-state index contributed by atoms with van der Waals surface area (Å²) < 4.78 is 2.42. The molecule has 0 amide bonds. The normalized spacial score (nSPS) is 11.6. The van der Waals surface area contributed by atoms with Crippen LogP contribution in [0, 0.1) is 0 Å². The first-order valence-corrected chi connectivity index (χ1v) is 16.0. The summed E-state index contributed by atoms with van der Waals surface area (Å²) in [7, 11) is 0. The predicted octanol–water partition coefficient (Wildman–Crippen LogP) is 10.7. The van der Waals surface area contributed by atoms with Gasteiger partial charge in [0.1, 0.15) is 9.66 Å². The van der Waals surface area contributed by atoms with Gasteiger partial charge in [-0.05, 0) is 12.1 Å². The van der Waals surface area contributed by atoms with Crippen molar-refractivity contribution < 1.29 is 0 Å². The molecule has 0 aliphatic rings. The number of aromatic nitrogens is 4. The molecule has 9 aromatic rings. The molecule has 6 heteroatoms. The summed E-state index contributed by atoms with van der Waals surface area (Å²) in [6.45, 7) is 0. The Morgan fingerprint density at radius 3 is 1.16 bits per heavy atom. The highest BCUT2D eigenvalue weighted by molar-refractivity contribution is 7.26. The molecule has 206 valence electrons. The molecule has 0 spiro atoms. The average Bonchev–Trinajstić information content (AvgIpc) is 3.67. The lowest BCUT2D eigenvalue weighted by atomic mass is 10.0. The number of thiophene rings is 2. The molecule has 5 aromatic carbocycles. The third-order valence-electron chi connectivity index (χ3n) is 7.97. The Morgan fingerprint density at radius 2 is 0.727 bits per heavy atom. The summed E-state index contributed by atoms with van der Waals surface area (Å²) >= 11 is 3.43. The molecule has 4 aromatic heterocycles. The Balaban J connectivity index is 1.25. The molecule has 0 atom stereocenters. The van der Waals surface area contributed by atoms with Gasteiger partial charge in [0.05, 0.1) is 11.4 Å². The van der Waals surface area contributed by atoms with E-state index in [2.05, 4.69) is 97.1 Å². The second kappa shape index (κ2) is 10.2. The van der Waals surface area contributed by atoms with Crippen LogP contribution in [0.25, 0.3) is 85.9 Å². The van der Waals surface area contributed by atoms with Crippen molar-refractivity contribution in [1.82, 2.24) is 19.9 Å². The van der Waals surface area contributed by atoms with E-state index in [1.165, 1.54) is 20.2 Å². The summed E-state index contributed by atoms with van der Waals surface area (Å²) in [5.41, 5.74) is 5.99. The Bertz CT molecular complexity index is 2310. The third kappa shape index (κ3) is 4.11. The lowest BCUT2D eigenvalue weighted by Crippen LogP contribution is -1.95. The van der Waals surface area contributed by atoms with Crippen LogP contribution in [0.4, 0.5) is 0 Å². The SMILES string of the molecule is c1ccc(-c2nc(-c3ccc(-c4nc(-c5ccccc5)nc5sc6ccccc6c45)cc3)c3c(n2)sc2ccccc23)cc1. The number of benzene rings is 5. The van der Waals surface area contributed by atoms with Gasteiger partial charge in [0.25, 0.3) is 0 Å². The average molecular weight is 599 g/mol. The molecule has 0 N–H and O–H groups in total. The maximum atomic E-state index is 5.17. The molecule has 0 saturated heterocycles. The van der Waals surface area contributed by atoms with Crippen molar-refractivity contribution in [2.75, 3.05) is 0 Å². The third-order valence-corrected chi connectivity index (χ3v) is 10.1. The minimum atomic E-state index is 0.735. The largest absolute Gasteiger partial charge is 0.227 e. The van der Waals surface area contributed by atoms with Gasteiger partial charge in [-0.15, -0.1) is 22.7 Å². The first-order chi connectivity index (χ1) is 21.8. The number of fused-ring (bicyclic) bond motifs is 6. The maximum absolute atomic E-state index is 5.17. The van der Waals surface area contributed by atoms with Crippen LogP contribution in [0.3, 0.4) is 0 Å². The molecule has 0 aliphatic carbocycles. The van der Waals surface area contributed by atoms with Gasteiger partial charge in [0.2, 0.25) is 0 Å². The van der Waals surface area contributed by atoms with Gasteiger partial charge in [0, 0.05) is 53.2 Å². The number of hydrogen-bond donors (Lipinski definition) is 0. The number of hydrogen-bond acceptors (Lipinski definition) is 6. The van der Waals surface area contributed by atoms with E-state index in [0.717, 1.165) is 65.7 Å². The molecule has 9 rings (SSSR count). The monoisotopic (exact) mass is 598 g/mol. The smallest absolute Gasteiger partial charge is 0.161 e. The van der Waals surface area contributed by atoms with E-state index in [-0.39, 0.29) is 0 Å². The van der Waals surface area contributed by atoms with Gasteiger partial charge < -0.3 is 0 Å². The van der Waals surface area contributed by atoms with Gasteiger partial charge in [-0.2, -0.15) is 0 Å². The zero-order chi connectivity index (χ0) is 29.0. The molecule has 0 saturated carbocycles. The molecular formula is C38H22N4S2. The zero-order valence-electron chi connectivity index (χ0n) is 23.3. The molecule has 4 nitrogen and oxygen atoms in total. The Labute approximate surface area is 261 Å². The minimum absolute atomic E-state index is 0.735.